The van der Waals surface area contributed by atoms with Crippen LogP contribution in [0, 0.1) is 0 Å². The molecule has 0 aliphatic carbocycles. The third kappa shape index (κ3) is 3.81. The molecule has 0 radical (unpaired) electrons. The van der Waals surface area contributed by atoms with Crippen molar-refractivity contribution in [1.82, 2.24) is 4.90 Å². The number of morpholine rings is 1. The van der Waals surface area contributed by atoms with Crippen LogP contribution in [0.1, 0.15) is 6.92 Å². The molecule has 3 rings (SSSR count). The average Bonchev–Trinajstić information content (AvgIpc) is 2.63. The van der Waals surface area contributed by atoms with Crippen molar-refractivity contribution in [1.29, 1.82) is 0 Å². The lowest BCUT2D eigenvalue weighted by Crippen LogP contribution is -2.50. The molecule has 6 nitrogen and oxygen atoms in total. The molecule has 0 unspecified atom stereocenters. The zero-order valence-corrected chi connectivity index (χ0v) is 14.2. The molecule has 25 heavy (non-hydrogen) atoms. The number of aliphatic carboxylic acids is 1. The van der Waals surface area contributed by atoms with Crippen LogP contribution in [-0.2, 0) is 14.3 Å². The molecule has 1 atom stereocenters. The predicted molar refractivity (Wildman–Crippen MR) is 95.8 cm³/mol. The highest BCUT2D eigenvalue weighted by molar-refractivity contribution is 6.07. The first kappa shape index (κ1) is 17.4. The zero-order valence-electron chi connectivity index (χ0n) is 14.2. The summed E-state index contributed by atoms with van der Waals surface area (Å²) in [7, 11) is 0. The van der Waals surface area contributed by atoms with Crippen LogP contribution < -0.4 is 4.90 Å². The van der Waals surface area contributed by atoms with Gasteiger partial charge in [-0.25, -0.2) is 4.79 Å². The summed E-state index contributed by atoms with van der Waals surface area (Å²) in [5.41, 5.74) is 0.631. The van der Waals surface area contributed by atoms with E-state index in [1.165, 1.54) is 4.90 Å². The molecule has 6 heteroatoms. The van der Waals surface area contributed by atoms with Crippen molar-refractivity contribution in [2.24, 2.45) is 0 Å². The molecule has 1 fully saturated rings. The fraction of sp³-hybridized carbons (Fsp3) is 0.368. The Morgan fingerprint density at radius 1 is 1.16 bits per heavy atom. The van der Waals surface area contributed by atoms with E-state index in [9.17, 15) is 14.7 Å². The lowest BCUT2D eigenvalue weighted by Gasteiger charge is -2.32. The number of hydrogen-bond donors (Lipinski definition) is 1. The number of benzene rings is 2. The van der Waals surface area contributed by atoms with Gasteiger partial charge in [0.2, 0.25) is 5.91 Å². The van der Waals surface area contributed by atoms with E-state index in [4.69, 9.17) is 4.74 Å². The number of carbonyl (C=O) groups is 2. The quantitative estimate of drug-likeness (QED) is 0.900. The number of ether oxygens (including phenoxy) is 1. The van der Waals surface area contributed by atoms with Gasteiger partial charge in [0, 0.05) is 18.5 Å². The standard InChI is InChI=1S/C19H22N2O4/c1-14(19(23)24)21(18(22)13-20-9-11-25-12-10-20)17-8-4-6-15-5-2-3-7-16(15)17/h2-8,14H,9-13H2,1H3,(H,23,24)/t14-/m0/s1. The van der Waals surface area contributed by atoms with E-state index in [1.54, 1.807) is 13.0 Å². The molecule has 1 aliphatic rings. The van der Waals surface area contributed by atoms with Gasteiger partial charge in [-0.1, -0.05) is 36.4 Å². The molecule has 1 aliphatic heterocycles. The van der Waals surface area contributed by atoms with Gasteiger partial charge in [0.05, 0.1) is 25.4 Å². The monoisotopic (exact) mass is 342 g/mol. The van der Waals surface area contributed by atoms with Gasteiger partial charge < -0.3 is 9.84 Å². The number of carboxylic acids is 1. The molecule has 1 saturated heterocycles. The second-order valence-corrected chi connectivity index (χ2v) is 6.16. The second-order valence-electron chi connectivity index (χ2n) is 6.16. The Morgan fingerprint density at radius 3 is 2.56 bits per heavy atom. The highest BCUT2D eigenvalue weighted by Gasteiger charge is 2.29. The normalized spacial score (nSPS) is 16.5. The summed E-state index contributed by atoms with van der Waals surface area (Å²) in [5, 5.41) is 11.4. The van der Waals surface area contributed by atoms with Gasteiger partial charge in [0.15, 0.2) is 0 Å². The summed E-state index contributed by atoms with van der Waals surface area (Å²) in [6, 6.07) is 12.3. The number of fused-ring (bicyclic) bond motifs is 1. The van der Waals surface area contributed by atoms with Crippen LogP contribution in [0.15, 0.2) is 42.5 Å². The Morgan fingerprint density at radius 2 is 1.84 bits per heavy atom. The Bertz CT molecular complexity index is 766. The van der Waals surface area contributed by atoms with Crippen molar-refractivity contribution in [3.05, 3.63) is 42.5 Å². The van der Waals surface area contributed by atoms with Crippen LogP contribution in [0.5, 0.6) is 0 Å². The Labute approximate surface area is 146 Å². The molecular formula is C19H22N2O4. The van der Waals surface area contributed by atoms with Gasteiger partial charge in [0.25, 0.3) is 0 Å². The molecule has 0 bridgehead atoms. The van der Waals surface area contributed by atoms with Crippen LogP contribution in [0.3, 0.4) is 0 Å². The summed E-state index contributed by atoms with van der Waals surface area (Å²) in [5.74, 6) is -1.24. The molecule has 0 spiro atoms. The highest BCUT2D eigenvalue weighted by atomic mass is 16.5. The van der Waals surface area contributed by atoms with E-state index >= 15 is 0 Å². The van der Waals surface area contributed by atoms with Gasteiger partial charge in [-0.05, 0) is 18.4 Å². The number of carboxylic acid groups (broad SMARTS) is 1. The minimum Gasteiger partial charge on any atom is -0.480 e. The largest absolute Gasteiger partial charge is 0.480 e. The molecule has 2 aromatic rings. The van der Waals surface area contributed by atoms with E-state index < -0.39 is 12.0 Å². The number of carbonyl (C=O) groups excluding carboxylic acids is 1. The van der Waals surface area contributed by atoms with E-state index in [0.717, 1.165) is 10.8 Å². The van der Waals surface area contributed by atoms with Crippen molar-refractivity contribution in [2.75, 3.05) is 37.7 Å². The number of amides is 1. The van der Waals surface area contributed by atoms with Crippen molar-refractivity contribution >= 4 is 28.3 Å². The molecule has 1 amide bonds. The van der Waals surface area contributed by atoms with E-state index in [-0.39, 0.29) is 12.5 Å². The maximum atomic E-state index is 13.0. The summed E-state index contributed by atoms with van der Waals surface area (Å²) in [6.07, 6.45) is 0. The molecule has 1 N–H and O–H groups in total. The third-order valence-corrected chi connectivity index (χ3v) is 4.50. The molecular weight excluding hydrogens is 320 g/mol. The summed E-state index contributed by atoms with van der Waals surface area (Å²) in [6.45, 7) is 4.27. The van der Waals surface area contributed by atoms with Crippen LogP contribution in [0.4, 0.5) is 5.69 Å². The van der Waals surface area contributed by atoms with E-state index in [1.807, 2.05) is 41.3 Å². The number of rotatable bonds is 5. The highest BCUT2D eigenvalue weighted by Crippen LogP contribution is 2.28. The van der Waals surface area contributed by atoms with Gasteiger partial charge in [-0.15, -0.1) is 0 Å². The number of hydrogen-bond acceptors (Lipinski definition) is 4. The molecule has 0 saturated carbocycles. The third-order valence-electron chi connectivity index (χ3n) is 4.50. The van der Waals surface area contributed by atoms with Crippen LogP contribution in [0.2, 0.25) is 0 Å². The maximum absolute atomic E-state index is 13.0. The number of anilines is 1. The average molecular weight is 342 g/mol. The summed E-state index contributed by atoms with van der Waals surface area (Å²) in [4.78, 5) is 28.0. The summed E-state index contributed by atoms with van der Waals surface area (Å²) >= 11 is 0. The Balaban J connectivity index is 1.96. The smallest absolute Gasteiger partial charge is 0.326 e. The fourth-order valence-corrected chi connectivity index (χ4v) is 3.11. The van der Waals surface area contributed by atoms with Crippen molar-refractivity contribution in [3.63, 3.8) is 0 Å². The first-order valence-electron chi connectivity index (χ1n) is 8.40. The number of nitrogens with zero attached hydrogens (tertiary/aromatic N) is 2. The van der Waals surface area contributed by atoms with Gasteiger partial charge in [0.1, 0.15) is 6.04 Å². The van der Waals surface area contributed by atoms with Crippen molar-refractivity contribution in [2.45, 2.75) is 13.0 Å². The van der Waals surface area contributed by atoms with Gasteiger partial charge >= 0.3 is 5.97 Å². The topological polar surface area (TPSA) is 70.1 Å². The minimum absolute atomic E-state index is 0.185. The Hall–Kier alpha value is -2.44. The van der Waals surface area contributed by atoms with Gasteiger partial charge in [-0.3, -0.25) is 14.6 Å². The van der Waals surface area contributed by atoms with E-state index in [0.29, 0.717) is 32.0 Å². The molecule has 0 aromatic heterocycles. The van der Waals surface area contributed by atoms with Crippen LogP contribution >= 0.6 is 0 Å². The van der Waals surface area contributed by atoms with Crippen LogP contribution in [-0.4, -0.2) is 60.8 Å². The lowest BCUT2D eigenvalue weighted by molar-refractivity contribution is -0.139. The zero-order chi connectivity index (χ0) is 17.8. The van der Waals surface area contributed by atoms with Crippen molar-refractivity contribution in [3.8, 4) is 0 Å². The predicted octanol–water partition coefficient (Wildman–Crippen LogP) is 1.98. The molecule has 1 heterocycles. The minimum atomic E-state index is -1.02. The second kappa shape index (κ2) is 7.63. The Kier molecular flexibility index (Phi) is 5.31. The molecule has 2 aromatic carbocycles. The first-order chi connectivity index (χ1) is 12.1. The first-order valence-corrected chi connectivity index (χ1v) is 8.40. The summed E-state index contributed by atoms with van der Waals surface area (Å²) < 4.78 is 5.31. The fourth-order valence-electron chi connectivity index (χ4n) is 3.11. The maximum Gasteiger partial charge on any atom is 0.326 e. The van der Waals surface area contributed by atoms with Gasteiger partial charge in [-0.2, -0.15) is 0 Å². The van der Waals surface area contributed by atoms with E-state index in [2.05, 4.69) is 0 Å². The van der Waals surface area contributed by atoms with Crippen molar-refractivity contribution < 1.29 is 19.4 Å². The van der Waals surface area contributed by atoms with Crippen LogP contribution in [0.25, 0.3) is 10.8 Å². The molecule has 132 valence electrons. The lowest BCUT2D eigenvalue weighted by atomic mass is 10.1. The SMILES string of the molecule is C[C@@H](C(=O)O)N(C(=O)CN1CCOCC1)c1cccc2ccccc12.